The van der Waals surface area contributed by atoms with E-state index in [0.717, 1.165) is 38.4 Å². The number of aliphatic imine (C=N–C) groups is 1. The summed E-state index contributed by atoms with van der Waals surface area (Å²) >= 11 is 0. The van der Waals surface area contributed by atoms with Gasteiger partial charge in [0.15, 0.2) is 5.96 Å². The number of carbonyl (C=O) groups is 1. The summed E-state index contributed by atoms with van der Waals surface area (Å²) in [6.45, 7) is 17.2. The molecule has 1 rings (SSSR count). The van der Waals surface area contributed by atoms with Crippen LogP contribution in [-0.4, -0.2) is 67.9 Å². The van der Waals surface area contributed by atoms with Crippen LogP contribution in [0.4, 0.5) is 4.79 Å². The van der Waals surface area contributed by atoms with Crippen LogP contribution >= 0.6 is 24.0 Å². The summed E-state index contributed by atoms with van der Waals surface area (Å²) in [4.78, 5) is 18.8. The standard InChI is InChI=1S/C20H39N5O2.HI/c1-8-11-25-12-9-16(10-13-25)23-18(21-7)22-14-17(15(2)3)24-19(26)27-20(4,5)6;/h8,15-17H,1,9-14H2,2-7H3,(H,24,26)(H2,21,22,23);1H. The number of ether oxygens (including phenoxy) is 1. The Balaban J connectivity index is 0.00000729. The van der Waals surface area contributed by atoms with Crippen molar-refractivity contribution in [3.63, 3.8) is 0 Å². The lowest BCUT2D eigenvalue weighted by molar-refractivity contribution is 0.0491. The van der Waals surface area contributed by atoms with Gasteiger partial charge >= 0.3 is 6.09 Å². The van der Waals surface area contributed by atoms with Gasteiger partial charge in [0.1, 0.15) is 5.60 Å². The molecule has 0 saturated carbocycles. The molecule has 1 amide bonds. The lowest BCUT2D eigenvalue weighted by Crippen LogP contribution is -2.53. The first-order valence-electron chi connectivity index (χ1n) is 9.94. The van der Waals surface area contributed by atoms with Crippen LogP contribution in [0, 0.1) is 5.92 Å². The maximum atomic E-state index is 12.1. The highest BCUT2D eigenvalue weighted by Gasteiger charge is 2.23. The molecule has 0 aromatic heterocycles. The lowest BCUT2D eigenvalue weighted by Gasteiger charge is -2.32. The molecule has 3 N–H and O–H groups in total. The van der Waals surface area contributed by atoms with Gasteiger partial charge in [-0.25, -0.2) is 4.79 Å². The van der Waals surface area contributed by atoms with Crippen molar-refractivity contribution in [1.82, 2.24) is 20.9 Å². The van der Waals surface area contributed by atoms with E-state index in [1.54, 1.807) is 7.05 Å². The van der Waals surface area contributed by atoms with Crippen LogP contribution in [-0.2, 0) is 4.74 Å². The molecule has 0 aliphatic carbocycles. The average molecular weight is 509 g/mol. The number of hydrogen-bond acceptors (Lipinski definition) is 4. The smallest absolute Gasteiger partial charge is 0.407 e. The van der Waals surface area contributed by atoms with Crippen LogP contribution in [0.3, 0.4) is 0 Å². The molecule has 1 fully saturated rings. The van der Waals surface area contributed by atoms with Crippen molar-refractivity contribution in [3.05, 3.63) is 12.7 Å². The second-order valence-corrected chi connectivity index (χ2v) is 8.46. The molecule has 0 radical (unpaired) electrons. The second kappa shape index (κ2) is 13.2. The number of halogens is 1. The van der Waals surface area contributed by atoms with Gasteiger partial charge in [-0.15, -0.1) is 30.6 Å². The summed E-state index contributed by atoms with van der Waals surface area (Å²) in [5.74, 6) is 1.04. The molecule has 1 saturated heterocycles. The van der Waals surface area contributed by atoms with E-state index in [4.69, 9.17) is 4.74 Å². The normalized spacial score (nSPS) is 17.5. The van der Waals surface area contributed by atoms with Gasteiger partial charge < -0.3 is 20.7 Å². The van der Waals surface area contributed by atoms with Crippen LogP contribution in [0.25, 0.3) is 0 Å². The molecule has 0 aromatic carbocycles. The van der Waals surface area contributed by atoms with Gasteiger partial charge in [-0.2, -0.15) is 0 Å². The molecule has 0 aromatic rings. The largest absolute Gasteiger partial charge is 0.444 e. The molecule has 8 heteroatoms. The van der Waals surface area contributed by atoms with Gasteiger partial charge in [0.2, 0.25) is 0 Å². The SMILES string of the molecule is C=CCN1CCC(NC(=NC)NCC(NC(=O)OC(C)(C)C)C(C)C)CC1.I. The topological polar surface area (TPSA) is 78.0 Å². The summed E-state index contributed by atoms with van der Waals surface area (Å²) in [6, 6.07) is 0.362. The Labute approximate surface area is 188 Å². The van der Waals surface area contributed by atoms with Crippen molar-refractivity contribution < 1.29 is 9.53 Å². The molecule has 1 atom stereocenters. The molecule has 0 spiro atoms. The van der Waals surface area contributed by atoms with Crippen molar-refractivity contribution in [2.75, 3.05) is 33.2 Å². The van der Waals surface area contributed by atoms with Crippen molar-refractivity contribution in [3.8, 4) is 0 Å². The molecular weight excluding hydrogens is 469 g/mol. The Bertz CT molecular complexity index is 497. The molecule has 1 unspecified atom stereocenters. The summed E-state index contributed by atoms with van der Waals surface area (Å²) in [5.41, 5.74) is -0.503. The highest BCUT2D eigenvalue weighted by atomic mass is 127. The van der Waals surface area contributed by atoms with E-state index in [1.807, 2.05) is 26.8 Å². The van der Waals surface area contributed by atoms with E-state index in [2.05, 4.69) is 46.3 Å². The number of nitrogens with one attached hydrogen (secondary N) is 3. The number of carbonyl (C=O) groups excluding carboxylic acids is 1. The third-order valence-corrected chi connectivity index (χ3v) is 4.54. The summed E-state index contributed by atoms with van der Waals surface area (Å²) in [7, 11) is 1.77. The minimum absolute atomic E-state index is 0. The van der Waals surface area contributed by atoms with Gasteiger partial charge in [-0.1, -0.05) is 19.9 Å². The van der Waals surface area contributed by atoms with Crippen LogP contribution < -0.4 is 16.0 Å². The minimum atomic E-state index is -0.503. The molecular formula is C20H40IN5O2. The maximum Gasteiger partial charge on any atom is 0.407 e. The predicted octanol–water partition coefficient (Wildman–Crippen LogP) is 2.97. The number of amides is 1. The monoisotopic (exact) mass is 509 g/mol. The highest BCUT2D eigenvalue weighted by molar-refractivity contribution is 14.0. The molecule has 7 nitrogen and oxygen atoms in total. The minimum Gasteiger partial charge on any atom is -0.444 e. The van der Waals surface area contributed by atoms with Crippen molar-refractivity contribution in [2.45, 2.75) is 65.1 Å². The van der Waals surface area contributed by atoms with E-state index >= 15 is 0 Å². The van der Waals surface area contributed by atoms with E-state index < -0.39 is 5.60 Å². The molecule has 1 aliphatic heterocycles. The van der Waals surface area contributed by atoms with Gasteiger partial charge in [-0.3, -0.25) is 9.89 Å². The van der Waals surface area contributed by atoms with E-state index in [0.29, 0.717) is 12.6 Å². The summed E-state index contributed by atoms with van der Waals surface area (Å²) < 4.78 is 5.37. The van der Waals surface area contributed by atoms with Crippen LogP contribution in [0.5, 0.6) is 0 Å². The van der Waals surface area contributed by atoms with Gasteiger partial charge in [0.25, 0.3) is 0 Å². The number of piperidine rings is 1. The Morgan fingerprint density at radius 3 is 2.39 bits per heavy atom. The number of likely N-dealkylation sites (tertiary alicyclic amines) is 1. The number of rotatable bonds is 7. The Hall–Kier alpha value is -1.03. The molecule has 164 valence electrons. The predicted molar refractivity (Wildman–Crippen MR) is 128 cm³/mol. The fourth-order valence-electron chi connectivity index (χ4n) is 2.95. The van der Waals surface area contributed by atoms with Crippen LogP contribution in [0.1, 0.15) is 47.5 Å². The first-order chi connectivity index (χ1) is 12.6. The number of nitrogens with zero attached hydrogens (tertiary/aromatic N) is 2. The van der Waals surface area contributed by atoms with Crippen LogP contribution in [0.2, 0.25) is 0 Å². The Morgan fingerprint density at radius 1 is 1.32 bits per heavy atom. The molecule has 28 heavy (non-hydrogen) atoms. The van der Waals surface area contributed by atoms with Gasteiger partial charge in [-0.05, 0) is 39.5 Å². The first-order valence-corrected chi connectivity index (χ1v) is 9.94. The summed E-state index contributed by atoms with van der Waals surface area (Å²) in [5, 5.41) is 9.79. The lowest BCUT2D eigenvalue weighted by atomic mass is 10.0. The van der Waals surface area contributed by atoms with Crippen molar-refractivity contribution in [2.24, 2.45) is 10.9 Å². The fourth-order valence-corrected chi connectivity index (χ4v) is 2.95. The zero-order valence-corrected chi connectivity index (χ0v) is 20.7. The number of alkyl carbamates (subject to hydrolysis) is 1. The fraction of sp³-hybridized carbons (Fsp3) is 0.800. The van der Waals surface area contributed by atoms with E-state index in [9.17, 15) is 4.79 Å². The number of hydrogen-bond donors (Lipinski definition) is 3. The molecule has 0 bridgehead atoms. The van der Waals surface area contributed by atoms with E-state index in [1.165, 1.54) is 0 Å². The molecule has 1 aliphatic rings. The second-order valence-electron chi connectivity index (χ2n) is 8.46. The van der Waals surface area contributed by atoms with Gasteiger partial charge in [0.05, 0.1) is 6.04 Å². The van der Waals surface area contributed by atoms with Gasteiger partial charge in [0, 0.05) is 39.3 Å². The number of guanidine groups is 1. The maximum absolute atomic E-state index is 12.1. The Morgan fingerprint density at radius 2 is 1.93 bits per heavy atom. The average Bonchev–Trinajstić information content (AvgIpc) is 2.57. The third kappa shape index (κ3) is 11.1. The zero-order valence-electron chi connectivity index (χ0n) is 18.4. The van der Waals surface area contributed by atoms with Crippen molar-refractivity contribution in [1.29, 1.82) is 0 Å². The molecule has 1 heterocycles. The third-order valence-electron chi connectivity index (χ3n) is 4.54. The summed E-state index contributed by atoms with van der Waals surface area (Å²) in [6.07, 6.45) is 3.73. The zero-order chi connectivity index (χ0) is 20.4. The Kier molecular flexibility index (Phi) is 12.8. The highest BCUT2D eigenvalue weighted by Crippen LogP contribution is 2.10. The van der Waals surface area contributed by atoms with Crippen molar-refractivity contribution >= 4 is 36.0 Å². The first kappa shape index (κ1) is 27.0. The van der Waals surface area contributed by atoms with Crippen LogP contribution in [0.15, 0.2) is 17.6 Å². The quantitative estimate of drug-likeness (QED) is 0.213. The van der Waals surface area contributed by atoms with E-state index in [-0.39, 0.29) is 42.0 Å².